The van der Waals surface area contributed by atoms with Crippen LogP contribution in [0.15, 0.2) is 4.99 Å². The summed E-state index contributed by atoms with van der Waals surface area (Å²) in [6, 6.07) is -3.17. The van der Waals surface area contributed by atoms with Gasteiger partial charge in [-0.3, -0.25) is 48.6 Å². The van der Waals surface area contributed by atoms with Crippen LogP contribution in [-0.4, -0.2) is 132 Å². The first-order valence-corrected chi connectivity index (χ1v) is 22.5. The Bertz CT molecular complexity index is 1610. The lowest BCUT2D eigenvalue weighted by atomic mass is 9.92. The van der Waals surface area contributed by atoms with Crippen molar-refractivity contribution in [3.63, 3.8) is 0 Å². The monoisotopic (exact) mass is 912 g/mol. The highest BCUT2D eigenvalue weighted by Gasteiger charge is 2.42. The van der Waals surface area contributed by atoms with Gasteiger partial charge in [0.1, 0.15) is 18.1 Å². The van der Waals surface area contributed by atoms with Crippen molar-refractivity contribution < 1.29 is 48.4 Å². The maximum atomic E-state index is 13.5. The number of fused-ring (bicyclic) bond motifs is 1. The summed E-state index contributed by atoms with van der Waals surface area (Å²) < 4.78 is 0. The number of urea groups is 1. The minimum Gasteiger partial charge on any atom is -0.370 e. The molecule has 1 unspecified atom stereocenters. The van der Waals surface area contributed by atoms with E-state index < -0.39 is 84.4 Å². The summed E-state index contributed by atoms with van der Waals surface area (Å²) in [4.78, 5) is 117. The number of nitrogens with one attached hydrogen (secondary N) is 9. The number of nitrogens with zero attached hydrogens (tertiary/aromatic N) is 1. The average Bonchev–Trinajstić information content (AvgIpc) is 3.77. The van der Waals surface area contributed by atoms with Crippen LogP contribution in [0.1, 0.15) is 98.3 Å². The molecule has 2 saturated heterocycles. The number of nitrogens with two attached hydrogens (primary N) is 3. The maximum Gasteiger partial charge on any atom is 0.315 e. The molecular weight excluding hydrogens is 843 g/mol. The molecule has 2 heterocycles. The summed E-state index contributed by atoms with van der Waals surface area (Å²) in [5, 5.41) is 30.6. The van der Waals surface area contributed by atoms with Gasteiger partial charge in [0.25, 0.3) is 0 Å². The van der Waals surface area contributed by atoms with Crippen LogP contribution in [0.25, 0.3) is 0 Å². The van der Waals surface area contributed by atoms with E-state index >= 15 is 0 Å². The van der Waals surface area contributed by atoms with Crippen molar-refractivity contribution in [1.29, 1.82) is 0 Å². The van der Waals surface area contributed by atoms with Gasteiger partial charge in [-0.1, -0.05) is 34.1 Å². The van der Waals surface area contributed by atoms with E-state index in [1.54, 1.807) is 13.8 Å². The topological polar surface area (TPSA) is 373 Å². The highest BCUT2D eigenvalue weighted by atomic mass is 32.2. The number of hydrogen-bond acceptors (Lipinski definition) is 12. The third-order valence-electron chi connectivity index (χ3n) is 10.4. The molecular formula is C39H69N13O10S. The summed E-state index contributed by atoms with van der Waals surface area (Å²) >= 11 is 1.83. The fraction of sp³-hybridized carbons (Fsp3) is 0.744. The molecule has 0 aromatic rings. The quantitative estimate of drug-likeness (QED) is 0.00882. The smallest absolute Gasteiger partial charge is 0.315 e. The molecule has 0 saturated carbocycles. The van der Waals surface area contributed by atoms with Crippen LogP contribution < -0.4 is 65.2 Å². The van der Waals surface area contributed by atoms with Crippen LogP contribution in [0.2, 0.25) is 0 Å². The van der Waals surface area contributed by atoms with Gasteiger partial charge in [0.2, 0.25) is 47.3 Å². The fourth-order valence-electron chi connectivity index (χ4n) is 7.09. The Morgan fingerprint density at radius 3 is 2.11 bits per heavy atom. The molecule has 2 fully saturated rings. The number of carbonyl (C=O) groups is 9. The van der Waals surface area contributed by atoms with E-state index in [-0.39, 0.29) is 68.1 Å². The fourth-order valence-corrected chi connectivity index (χ4v) is 8.63. The van der Waals surface area contributed by atoms with Gasteiger partial charge in [-0.05, 0) is 63.2 Å². The molecule has 356 valence electrons. The molecule has 23 nitrogen and oxygen atoms in total. The molecule has 7 atom stereocenters. The van der Waals surface area contributed by atoms with Crippen LogP contribution in [0.4, 0.5) is 4.79 Å². The molecule has 2 aliphatic heterocycles. The number of rotatable bonds is 30. The Labute approximate surface area is 372 Å². The van der Waals surface area contributed by atoms with Crippen molar-refractivity contribution in [1.82, 2.24) is 48.0 Å². The maximum absolute atomic E-state index is 13.5. The lowest BCUT2D eigenvalue weighted by molar-refractivity contribution is -0.137. The number of thioether (sulfide) groups is 1. The number of amides is 10. The number of guanidine groups is 1. The first-order chi connectivity index (χ1) is 29.8. The second-order valence-electron chi connectivity index (χ2n) is 16.5. The standard InChI is InChI=1S/C39H69N13O10S/c1-21(2)16-23(17-29(54)52-62)35(58)50-32(22(3)4)37(60)48-25(11-9-15-44-38(41)42)36(59)46-18-30(55)45-19-31(56)47-24(34(40)57)10-7-8-14-43-28(53)13-6-5-12-27-33-26(20-63-27)49-39(61)51-33/h21-27,32-33,62H,5-20H2,1-4H3,(H2,40,57)(H,43,53)(H,45,55)(H,46,59)(H,47,56)(H,48,60)(H,50,58)(H,52,54)(H4,41,42,44)(H2,49,51,61)/t23?,24-,25-,26-,27-,32-,33-/m0/s1. The lowest BCUT2D eigenvalue weighted by Gasteiger charge is -2.27. The van der Waals surface area contributed by atoms with E-state index in [0.717, 1.165) is 25.0 Å². The van der Waals surface area contributed by atoms with Crippen molar-refractivity contribution >= 4 is 71.0 Å². The van der Waals surface area contributed by atoms with Crippen molar-refractivity contribution in [2.24, 2.45) is 39.9 Å². The molecule has 24 heteroatoms. The van der Waals surface area contributed by atoms with E-state index in [1.807, 2.05) is 25.6 Å². The predicted octanol–water partition coefficient (Wildman–Crippen LogP) is -2.56. The van der Waals surface area contributed by atoms with Crippen molar-refractivity contribution in [2.75, 3.05) is 31.9 Å². The highest BCUT2D eigenvalue weighted by Crippen LogP contribution is 2.33. The number of carbonyl (C=O) groups excluding carboxylic acids is 9. The van der Waals surface area contributed by atoms with Gasteiger partial charge in [-0.25, -0.2) is 10.3 Å². The minimum absolute atomic E-state index is 0.0132. The number of hydrogen-bond donors (Lipinski definition) is 13. The summed E-state index contributed by atoms with van der Waals surface area (Å²) in [6.45, 7) is 6.45. The molecule has 63 heavy (non-hydrogen) atoms. The van der Waals surface area contributed by atoms with E-state index in [9.17, 15) is 43.2 Å². The van der Waals surface area contributed by atoms with E-state index in [0.29, 0.717) is 37.5 Å². The summed E-state index contributed by atoms with van der Waals surface area (Å²) in [7, 11) is 0. The Balaban J connectivity index is 1.80. The van der Waals surface area contributed by atoms with Crippen LogP contribution >= 0.6 is 11.8 Å². The van der Waals surface area contributed by atoms with E-state index in [4.69, 9.17) is 22.4 Å². The van der Waals surface area contributed by atoms with E-state index in [2.05, 4.69) is 47.5 Å². The normalized spacial score (nSPS) is 18.3. The van der Waals surface area contributed by atoms with Gasteiger partial charge in [0.05, 0.1) is 25.2 Å². The third kappa shape index (κ3) is 21.0. The number of unbranched alkanes of at least 4 members (excludes halogenated alkanes) is 2. The van der Waals surface area contributed by atoms with Gasteiger partial charge in [0, 0.05) is 42.9 Å². The zero-order valence-electron chi connectivity index (χ0n) is 36.7. The Morgan fingerprint density at radius 1 is 0.762 bits per heavy atom. The molecule has 0 radical (unpaired) electrons. The van der Waals surface area contributed by atoms with Crippen LogP contribution in [0, 0.1) is 17.8 Å². The van der Waals surface area contributed by atoms with Crippen LogP contribution in [0.3, 0.4) is 0 Å². The number of hydroxylamine groups is 1. The van der Waals surface area contributed by atoms with Gasteiger partial charge in [0.15, 0.2) is 5.96 Å². The second-order valence-corrected chi connectivity index (χ2v) is 17.8. The van der Waals surface area contributed by atoms with Gasteiger partial charge < -0.3 is 59.7 Å². The summed E-state index contributed by atoms with van der Waals surface area (Å²) in [5.41, 5.74) is 17.8. The highest BCUT2D eigenvalue weighted by molar-refractivity contribution is 8.00. The molecule has 2 aliphatic rings. The molecule has 0 bridgehead atoms. The molecule has 0 spiro atoms. The predicted molar refractivity (Wildman–Crippen MR) is 234 cm³/mol. The molecule has 2 rings (SSSR count). The van der Waals surface area contributed by atoms with Crippen LogP contribution in [-0.2, 0) is 38.4 Å². The SMILES string of the molecule is CC(C)CC(CC(=O)NO)C(=O)N[C@H](C(=O)N[C@@H](CCCN=C(N)N)C(=O)NCC(=O)NCC(=O)N[C@@H](CCCCNC(=O)CCCC[C@@H]1SC[C@@H]2NC(=O)N[C@@H]21)C(N)=O)C(C)C. The average molecular weight is 912 g/mol. The molecule has 10 amide bonds. The Hall–Kier alpha value is -5.39. The first-order valence-electron chi connectivity index (χ1n) is 21.5. The van der Waals surface area contributed by atoms with Crippen LogP contribution in [0.5, 0.6) is 0 Å². The minimum atomic E-state index is -1.20. The Kier molecular flexibility index (Phi) is 24.2. The number of aliphatic imine (C=N–C) groups is 1. The zero-order valence-corrected chi connectivity index (χ0v) is 37.5. The largest absolute Gasteiger partial charge is 0.370 e. The molecule has 16 N–H and O–H groups in total. The number of primary amides is 1. The molecule has 0 aromatic carbocycles. The van der Waals surface area contributed by atoms with Gasteiger partial charge in [-0.15, -0.1) is 0 Å². The van der Waals surface area contributed by atoms with Crippen molar-refractivity contribution in [2.45, 2.75) is 134 Å². The van der Waals surface area contributed by atoms with Gasteiger partial charge >= 0.3 is 6.03 Å². The second kappa shape index (κ2) is 28.3. The van der Waals surface area contributed by atoms with Gasteiger partial charge in [-0.2, -0.15) is 11.8 Å². The summed E-state index contributed by atoms with van der Waals surface area (Å²) in [6.07, 6.45) is 4.33. The Morgan fingerprint density at radius 2 is 1.46 bits per heavy atom. The third-order valence-corrected chi connectivity index (χ3v) is 11.9. The van der Waals surface area contributed by atoms with Crippen molar-refractivity contribution in [3.05, 3.63) is 0 Å². The lowest BCUT2D eigenvalue weighted by Crippen LogP contribution is -2.56. The molecule has 0 aliphatic carbocycles. The first kappa shape index (κ1) is 53.7. The van der Waals surface area contributed by atoms with E-state index in [1.165, 1.54) is 5.48 Å². The molecule has 0 aromatic heterocycles. The van der Waals surface area contributed by atoms with Crippen molar-refractivity contribution in [3.8, 4) is 0 Å². The zero-order chi connectivity index (χ0) is 47.1. The summed E-state index contributed by atoms with van der Waals surface area (Å²) in [5.74, 6) is -5.70.